The third-order valence-corrected chi connectivity index (χ3v) is 3.07. The number of rotatable bonds is 5. The number of ketones is 1. The van der Waals surface area contributed by atoms with Crippen LogP contribution >= 0.6 is 11.6 Å². The molecular formula is C16H14ClNO2. The van der Waals surface area contributed by atoms with E-state index in [2.05, 4.69) is 5.32 Å². The number of halogens is 1. The van der Waals surface area contributed by atoms with Crippen LogP contribution in [0.15, 0.2) is 54.6 Å². The van der Waals surface area contributed by atoms with Gasteiger partial charge in [0.05, 0.1) is 13.0 Å². The SMILES string of the molecule is O=C(Cc1ccc(Cl)cc1)NCC(=O)c1ccccc1. The number of hydrogen-bond donors (Lipinski definition) is 1. The molecule has 0 radical (unpaired) electrons. The molecule has 0 spiro atoms. The van der Waals surface area contributed by atoms with E-state index >= 15 is 0 Å². The molecule has 0 fully saturated rings. The fourth-order valence-corrected chi connectivity index (χ4v) is 1.88. The number of nitrogens with one attached hydrogen (secondary N) is 1. The second-order valence-corrected chi connectivity index (χ2v) is 4.81. The van der Waals surface area contributed by atoms with Gasteiger partial charge in [0.15, 0.2) is 5.78 Å². The van der Waals surface area contributed by atoms with E-state index in [9.17, 15) is 9.59 Å². The zero-order chi connectivity index (χ0) is 14.4. The molecular weight excluding hydrogens is 274 g/mol. The van der Waals surface area contributed by atoms with Crippen molar-refractivity contribution in [1.29, 1.82) is 0 Å². The van der Waals surface area contributed by atoms with Crippen LogP contribution in [0.4, 0.5) is 0 Å². The molecule has 20 heavy (non-hydrogen) atoms. The predicted molar refractivity (Wildman–Crippen MR) is 78.9 cm³/mol. The van der Waals surface area contributed by atoms with Crippen molar-refractivity contribution in [1.82, 2.24) is 5.32 Å². The molecule has 3 nitrogen and oxygen atoms in total. The summed E-state index contributed by atoms with van der Waals surface area (Å²) in [4.78, 5) is 23.6. The van der Waals surface area contributed by atoms with Crippen molar-refractivity contribution >= 4 is 23.3 Å². The molecule has 2 rings (SSSR count). The van der Waals surface area contributed by atoms with Crippen molar-refractivity contribution in [3.05, 3.63) is 70.7 Å². The minimum absolute atomic E-state index is 0.0104. The lowest BCUT2D eigenvalue weighted by atomic mass is 10.1. The molecule has 1 N–H and O–H groups in total. The highest BCUT2D eigenvalue weighted by Crippen LogP contribution is 2.09. The Morgan fingerprint density at radius 1 is 0.950 bits per heavy atom. The summed E-state index contributed by atoms with van der Waals surface area (Å²) in [6.45, 7) is 0.0104. The first kappa shape index (κ1) is 14.3. The van der Waals surface area contributed by atoms with Gasteiger partial charge in [0.25, 0.3) is 0 Å². The zero-order valence-electron chi connectivity index (χ0n) is 10.8. The second-order valence-electron chi connectivity index (χ2n) is 4.37. The summed E-state index contributed by atoms with van der Waals surface area (Å²) in [5.74, 6) is -0.286. The van der Waals surface area contributed by atoms with Crippen molar-refractivity contribution in [2.75, 3.05) is 6.54 Å². The highest BCUT2D eigenvalue weighted by atomic mass is 35.5. The number of hydrogen-bond acceptors (Lipinski definition) is 2. The van der Waals surface area contributed by atoms with Crippen LogP contribution in [0.3, 0.4) is 0 Å². The molecule has 0 heterocycles. The average molecular weight is 288 g/mol. The van der Waals surface area contributed by atoms with Crippen molar-refractivity contribution in [3.63, 3.8) is 0 Å². The lowest BCUT2D eigenvalue weighted by Gasteiger charge is -2.05. The summed E-state index contributed by atoms with van der Waals surface area (Å²) in [6.07, 6.45) is 0.235. The fourth-order valence-electron chi connectivity index (χ4n) is 1.76. The Bertz CT molecular complexity index is 594. The first-order chi connectivity index (χ1) is 9.65. The summed E-state index contributed by atoms with van der Waals surface area (Å²) >= 11 is 5.77. The van der Waals surface area contributed by atoms with Gasteiger partial charge >= 0.3 is 0 Å². The van der Waals surface area contributed by atoms with Crippen LogP contribution in [0, 0.1) is 0 Å². The normalized spacial score (nSPS) is 10.1. The summed E-state index contributed by atoms with van der Waals surface area (Å²) in [6, 6.07) is 15.9. The molecule has 2 aromatic rings. The largest absolute Gasteiger partial charge is 0.348 e. The molecule has 0 bridgehead atoms. The Kier molecular flexibility index (Phi) is 4.91. The smallest absolute Gasteiger partial charge is 0.224 e. The van der Waals surface area contributed by atoms with E-state index < -0.39 is 0 Å². The van der Waals surface area contributed by atoms with E-state index in [1.165, 1.54) is 0 Å². The third-order valence-electron chi connectivity index (χ3n) is 2.82. The average Bonchev–Trinajstić information content (AvgIpc) is 2.48. The van der Waals surface area contributed by atoms with E-state index in [1.54, 1.807) is 48.5 Å². The van der Waals surface area contributed by atoms with Gasteiger partial charge in [-0.1, -0.05) is 54.1 Å². The quantitative estimate of drug-likeness (QED) is 0.860. The second kappa shape index (κ2) is 6.87. The van der Waals surface area contributed by atoms with Gasteiger partial charge in [-0.15, -0.1) is 0 Å². The van der Waals surface area contributed by atoms with Gasteiger partial charge in [-0.2, -0.15) is 0 Å². The van der Waals surface area contributed by atoms with Crippen LogP contribution in [-0.4, -0.2) is 18.2 Å². The third kappa shape index (κ3) is 4.21. The van der Waals surface area contributed by atoms with Crippen molar-refractivity contribution < 1.29 is 9.59 Å². The van der Waals surface area contributed by atoms with Gasteiger partial charge in [-0.25, -0.2) is 0 Å². The van der Waals surface area contributed by atoms with Gasteiger partial charge in [-0.05, 0) is 17.7 Å². The Labute approximate surface area is 122 Å². The van der Waals surface area contributed by atoms with E-state index in [1.807, 2.05) is 6.07 Å². The van der Waals surface area contributed by atoms with Gasteiger partial charge in [0, 0.05) is 10.6 Å². The Hall–Kier alpha value is -2.13. The first-order valence-corrected chi connectivity index (χ1v) is 6.62. The van der Waals surface area contributed by atoms with Crippen LogP contribution in [0.5, 0.6) is 0 Å². The summed E-state index contributed by atoms with van der Waals surface area (Å²) in [5.41, 5.74) is 1.46. The topological polar surface area (TPSA) is 46.2 Å². The molecule has 1 amide bonds. The van der Waals surface area contributed by atoms with Crippen molar-refractivity contribution in [2.45, 2.75) is 6.42 Å². The monoisotopic (exact) mass is 287 g/mol. The number of Topliss-reactive ketones (excluding diaryl/α,β-unsaturated/α-hetero) is 1. The lowest BCUT2D eigenvalue weighted by molar-refractivity contribution is -0.120. The van der Waals surface area contributed by atoms with Gasteiger partial charge in [0.1, 0.15) is 0 Å². The maximum Gasteiger partial charge on any atom is 0.224 e. The molecule has 0 aromatic heterocycles. The summed E-state index contributed by atoms with van der Waals surface area (Å²) in [7, 11) is 0. The minimum atomic E-state index is -0.184. The molecule has 0 aliphatic heterocycles. The molecule has 102 valence electrons. The maximum atomic E-state index is 11.8. The first-order valence-electron chi connectivity index (χ1n) is 6.24. The minimum Gasteiger partial charge on any atom is -0.348 e. The van der Waals surface area contributed by atoms with Crippen LogP contribution < -0.4 is 5.32 Å². The molecule has 0 aliphatic rings. The lowest BCUT2D eigenvalue weighted by Crippen LogP contribution is -2.30. The Balaban J connectivity index is 1.83. The molecule has 0 atom stereocenters. The standard InChI is InChI=1S/C16H14ClNO2/c17-14-8-6-12(7-9-14)10-16(20)18-11-15(19)13-4-2-1-3-5-13/h1-9H,10-11H2,(H,18,20). The number of benzene rings is 2. The predicted octanol–water partition coefficient (Wildman–Crippen LogP) is 2.88. The van der Waals surface area contributed by atoms with Crippen molar-refractivity contribution in [3.8, 4) is 0 Å². The van der Waals surface area contributed by atoms with Crippen LogP contribution in [0.25, 0.3) is 0 Å². The molecule has 4 heteroatoms. The Morgan fingerprint density at radius 2 is 1.60 bits per heavy atom. The van der Waals surface area contributed by atoms with E-state index in [4.69, 9.17) is 11.6 Å². The summed E-state index contributed by atoms with van der Waals surface area (Å²) < 4.78 is 0. The van der Waals surface area contributed by atoms with Crippen molar-refractivity contribution in [2.24, 2.45) is 0 Å². The van der Waals surface area contributed by atoms with E-state index in [-0.39, 0.29) is 24.7 Å². The Morgan fingerprint density at radius 3 is 2.25 bits per heavy atom. The van der Waals surface area contributed by atoms with Gasteiger partial charge in [-0.3, -0.25) is 9.59 Å². The van der Waals surface area contributed by atoms with Gasteiger partial charge < -0.3 is 5.32 Å². The molecule has 0 aliphatic carbocycles. The van der Waals surface area contributed by atoms with E-state index in [0.29, 0.717) is 10.6 Å². The highest BCUT2D eigenvalue weighted by molar-refractivity contribution is 6.30. The fraction of sp³-hybridized carbons (Fsp3) is 0.125. The van der Waals surface area contributed by atoms with Crippen LogP contribution in [0.1, 0.15) is 15.9 Å². The molecule has 0 unspecified atom stereocenters. The maximum absolute atomic E-state index is 11.8. The number of carbonyl (C=O) groups is 2. The molecule has 2 aromatic carbocycles. The van der Waals surface area contributed by atoms with Crippen LogP contribution in [-0.2, 0) is 11.2 Å². The van der Waals surface area contributed by atoms with Gasteiger partial charge in [0.2, 0.25) is 5.91 Å². The van der Waals surface area contributed by atoms with Crippen LogP contribution in [0.2, 0.25) is 5.02 Å². The zero-order valence-corrected chi connectivity index (χ0v) is 11.6. The summed E-state index contributed by atoms with van der Waals surface area (Å²) in [5, 5.41) is 3.26. The van der Waals surface area contributed by atoms with E-state index in [0.717, 1.165) is 5.56 Å². The molecule has 0 saturated heterocycles. The highest BCUT2D eigenvalue weighted by Gasteiger charge is 2.08. The number of carbonyl (C=O) groups excluding carboxylic acids is 2. The molecule has 0 saturated carbocycles. The number of amides is 1.